The lowest BCUT2D eigenvalue weighted by atomic mass is 10.1. The first-order valence-electron chi connectivity index (χ1n) is 9.79. The Bertz CT molecular complexity index is 929. The van der Waals surface area contributed by atoms with Crippen LogP contribution in [0.5, 0.6) is 0 Å². The smallest absolute Gasteiger partial charge is 0.256 e. The third kappa shape index (κ3) is 5.91. The van der Waals surface area contributed by atoms with E-state index in [1.165, 1.54) is 17.3 Å². The number of aromatic nitrogens is 2. The fraction of sp³-hybridized carbons (Fsp3) is 0.476. The molecule has 3 rings (SSSR count). The molecule has 7 nitrogen and oxygen atoms in total. The summed E-state index contributed by atoms with van der Waals surface area (Å²) >= 11 is 1.25. The van der Waals surface area contributed by atoms with Crippen molar-refractivity contribution in [3.8, 4) is 0 Å². The lowest BCUT2D eigenvalue weighted by molar-refractivity contribution is -0.113. The largest absolute Gasteiger partial charge is 0.385 e. The van der Waals surface area contributed by atoms with E-state index in [0.717, 1.165) is 55.0 Å². The highest BCUT2D eigenvalue weighted by Crippen LogP contribution is 2.19. The van der Waals surface area contributed by atoms with Crippen LogP contribution in [-0.2, 0) is 22.5 Å². The van der Waals surface area contributed by atoms with E-state index < -0.39 is 0 Å². The van der Waals surface area contributed by atoms with Crippen molar-refractivity contribution in [1.82, 2.24) is 14.9 Å². The third-order valence-electron chi connectivity index (χ3n) is 5.08. The standard InChI is InChI=1S/C21H28N4O3S/c1-14-5-6-16(11-15(14)2)22-19(26)13-29-21-23-18-7-9-25(8-4-10-28-3)12-17(18)20(27)24-21/h5-6,11H,4,7-10,12-13H2,1-3H3,(H,22,26)(H,23,24,27). The molecule has 0 aliphatic carbocycles. The van der Waals surface area contributed by atoms with Gasteiger partial charge in [-0.15, -0.1) is 0 Å². The molecule has 0 saturated carbocycles. The van der Waals surface area contributed by atoms with E-state index in [0.29, 0.717) is 11.7 Å². The molecule has 0 radical (unpaired) electrons. The summed E-state index contributed by atoms with van der Waals surface area (Å²) in [6.07, 6.45) is 1.69. The highest BCUT2D eigenvalue weighted by Gasteiger charge is 2.21. The van der Waals surface area contributed by atoms with Crippen LogP contribution in [0.15, 0.2) is 28.2 Å². The van der Waals surface area contributed by atoms with Crippen LogP contribution in [-0.4, -0.2) is 53.3 Å². The van der Waals surface area contributed by atoms with Crippen molar-refractivity contribution in [3.63, 3.8) is 0 Å². The summed E-state index contributed by atoms with van der Waals surface area (Å²) in [6.45, 7) is 7.16. The zero-order valence-electron chi connectivity index (χ0n) is 17.2. The van der Waals surface area contributed by atoms with Crippen LogP contribution in [0.1, 0.15) is 28.8 Å². The second kappa shape index (κ2) is 10.0. The molecule has 1 aromatic heterocycles. The number of hydrogen-bond acceptors (Lipinski definition) is 6. The van der Waals surface area contributed by atoms with Crippen LogP contribution in [0.3, 0.4) is 0 Å². The molecule has 2 aromatic rings. The monoisotopic (exact) mass is 416 g/mol. The highest BCUT2D eigenvalue weighted by molar-refractivity contribution is 7.99. The van der Waals surface area contributed by atoms with Crippen LogP contribution >= 0.6 is 11.8 Å². The topological polar surface area (TPSA) is 87.3 Å². The molecule has 0 bridgehead atoms. The van der Waals surface area contributed by atoms with E-state index >= 15 is 0 Å². The Balaban J connectivity index is 1.57. The number of methoxy groups -OCH3 is 1. The molecule has 2 heterocycles. The molecule has 8 heteroatoms. The number of amides is 1. The summed E-state index contributed by atoms with van der Waals surface area (Å²) in [7, 11) is 1.70. The number of carbonyl (C=O) groups excluding carboxylic acids is 1. The van der Waals surface area contributed by atoms with Gasteiger partial charge in [0.05, 0.1) is 17.0 Å². The van der Waals surface area contributed by atoms with Crippen LogP contribution in [0.4, 0.5) is 5.69 Å². The van der Waals surface area contributed by atoms with E-state index in [-0.39, 0.29) is 17.2 Å². The number of H-pyrrole nitrogens is 1. The first kappa shape index (κ1) is 21.5. The summed E-state index contributed by atoms with van der Waals surface area (Å²) in [5, 5.41) is 3.39. The van der Waals surface area contributed by atoms with Gasteiger partial charge in [-0.2, -0.15) is 0 Å². The molecule has 29 heavy (non-hydrogen) atoms. The van der Waals surface area contributed by atoms with Crippen molar-refractivity contribution in [3.05, 3.63) is 50.9 Å². The number of anilines is 1. The number of carbonyl (C=O) groups is 1. The number of nitrogens with zero attached hydrogens (tertiary/aromatic N) is 2. The van der Waals surface area contributed by atoms with Gasteiger partial charge in [0.15, 0.2) is 5.16 Å². The molecule has 0 saturated heterocycles. The number of benzene rings is 1. The second-order valence-electron chi connectivity index (χ2n) is 7.30. The van der Waals surface area contributed by atoms with Gasteiger partial charge in [-0.3, -0.25) is 14.5 Å². The summed E-state index contributed by atoms with van der Waals surface area (Å²) in [6, 6.07) is 5.83. The molecule has 0 fully saturated rings. The van der Waals surface area contributed by atoms with Crippen LogP contribution in [0.25, 0.3) is 0 Å². The first-order chi connectivity index (χ1) is 14.0. The molecular formula is C21H28N4O3S. The molecule has 0 atom stereocenters. The average molecular weight is 417 g/mol. The molecule has 0 spiro atoms. The van der Waals surface area contributed by atoms with Gasteiger partial charge in [-0.25, -0.2) is 4.98 Å². The number of fused-ring (bicyclic) bond motifs is 1. The van der Waals surface area contributed by atoms with E-state index in [1.807, 2.05) is 32.0 Å². The lowest BCUT2D eigenvalue weighted by Gasteiger charge is -2.27. The quantitative estimate of drug-likeness (QED) is 0.391. The first-order valence-corrected chi connectivity index (χ1v) is 10.8. The summed E-state index contributed by atoms with van der Waals surface area (Å²) in [5.74, 6) is 0.0700. The van der Waals surface area contributed by atoms with Crippen LogP contribution in [0, 0.1) is 13.8 Å². The minimum atomic E-state index is -0.122. The predicted molar refractivity (Wildman–Crippen MR) is 116 cm³/mol. The highest BCUT2D eigenvalue weighted by atomic mass is 32.2. The van der Waals surface area contributed by atoms with Gasteiger partial charge < -0.3 is 15.0 Å². The lowest BCUT2D eigenvalue weighted by Crippen LogP contribution is -2.36. The Morgan fingerprint density at radius 1 is 1.34 bits per heavy atom. The Hall–Kier alpha value is -2.16. The number of rotatable bonds is 8. The van der Waals surface area contributed by atoms with Gasteiger partial charge in [0.1, 0.15) is 0 Å². The van der Waals surface area contributed by atoms with Gasteiger partial charge in [-0.1, -0.05) is 17.8 Å². The molecule has 0 unspecified atom stereocenters. The Kier molecular flexibility index (Phi) is 7.46. The van der Waals surface area contributed by atoms with E-state index in [9.17, 15) is 9.59 Å². The second-order valence-corrected chi connectivity index (χ2v) is 8.27. The minimum Gasteiger partial charge on any atom is -0.385 e. The number of hydrogen-bond donors (Lipinski definition) is 2. The van der Waals surface area contributed by atoms with E-state index in [4.69, 9.17) is 4.74 Å². The fourth-order valence-electron chi connectivity index (χ4n) is 3.30. The van der Waals surface area contributed by atoms with Crippen molar-refractivity contribution in [1.29, 1.82) is 0 Å². The summed E-state index contributed by atoms with van der Waals surface area (Å²) < 4.78 is 5.09. The van der Waals surface area contributed by atoms with Crippen LogP contribution in [0.2, 0.25) is 0 Å². The van der Waals surface area contributed by atoms with Gasteiger partial charge in [0.25, 0.3) is 5.56 Å². The number of aryl methyl sites for hydroxylation is 2. The molecule has 156 valence electrons. The number of aromatic amines is 1. The molecule has 1 amide bonds. The maximum absolute atomic E-state index is 12.5. The zero-order chi connectivity index (χ0) is 20.8. The molecule has 1 aliphatic heterocycles. The number of nitrogens with one attached hydrogen (secondary N) is 2. The Labute approximate surface area is 175 Å². The maximum atomic E-state index is 12.5. The van der Waals surface area contributed by atoms with E-state index in [2.05, 4.69) is 20.2 Å². The van der Waals surface area contributed by atoms with Crippen molar-refractivity contribution in [2.45, 2.75) is 38.4 Å². The van der Waals surface area contributed by atoms with Crippen molar-refractivity contribution in [2.24, 2.45) is 0 Å². The fourth-order valence-corrected chi connectivity index (χ4v) is 3.98. The van der Waals surface area contributed by atoms with Gasteiger partial charge in [-0.05, 0) is 43.5 Å². The van der Waals surface area contributed by atoms with Gasteiger partial charge in [0.2, 0.25) is 5.91 Å². The van der Waals surface area contributed by atoms with Crippen molar-refractivity contribution < 1.29 is 9.53 Å². The predicted octanol–water partition coefficient (Wildman–Crippen LogP) is 2.51. The average Bonchev–Trinajstić information content (AvgIpc) is 2.70. The maximum Gasteiger partial charge on any atom is 0.256 e. The molecular weight excluding hydrogens is 388 g/mol. The molecule has 1 aliphatic rings. The van der Waals surface area contributed by atoms with E-state index in [1.54, 1.807) is 7.11 Å². The van der Waals surface area contributed by atoms with Crippen molar-refractivity contribution in [2.75, 3.05) is 37.9 Å². The third-order valence-corrected chi connectivity index (χ3v) is 5.95. The Morgan fingerprint density at radius 3 is 2.93 bits per heavy atom. The van der Waals surface area contributed by atoms with Crippen molar-refractivity contribution >= 4 is 23.4 Å². The number of ether oxygens (including phenoxy) is 1. The van der Waals surface area contributed by atoms with Gasteiger partial charge in [0, 0.05) is 45.5 Å². The SMILES string of the molecule is COCCCN1CCc2nc(SCC(=O)Nc3ccc(C)c(C)c3)[nH]c(=O)c2C1. The van der Waals surface area contributed by atoms with Crippen LogP contribution < -0.4 is 10.9 Å². The minimum absolute atomic E-state index is 0.108. The Morgan fingerprint density at radius 2 is 2.17 bits per heavy atom. The number of thioether (sulfide) groups is 1. The summed E-state index contributed by atoms with van der Waals surface area (Å²) in [4.78, 5) is 34.4. The van der Waals surface area contributed by atoms with Gasteiger partial charge >= 0.3 is 0 Å². The normalized spacial score (nSPS) is 13.9. The molecule has 1 aromatic carbocycles. The zero-order valence-corrected chi connectivity index (χ0v) is 18.0. The molecule has 2 N–H and O–H groups in total. The summed E-state index contributed by atoms with van der Waals surface area (Å²) in [5.41, 5.74) is 4.56.